The number of aromatic nitrogens is 3. The topological polar surface area (TPSA) is 79.6 Å². The average Bonchev–Trinajstić information content (AvgIpc) is 2.64. The van der Waals surface area contributed by atoms with E-state index in [0.29, 0.717) is 11.9 Å². The summed E-state index contributed by atoms with van der Waals surface area (Å²) in [6.07, 6.45) is 6.75. The normalized spacial score (nSPS) is 25.6. The molecule has 1 aromatic rings. The average molecular weight is 223 g/mol. The van der Waals surface area contributed by atoms with Crippen molar-refractivity contribution in [1.82, 2.24) is 15.2 Å². The molecule has 4 N–H and O–H groups in total. The number of hydrogen-bond donors (Lipinski definition) is 3. The Labute approximate surface area is 96.2 Å². The van der Waals surface area contributed by atoms with Crippen LogP contribution < -0.4 is 11.1 Å². The Morgan fingerprint density at radius 3 is 3.06 bits per heavy atom. The number of anilines is 2. The quantitative estimate of drug-likeness (QED) is 0.729. The molecule has 0 saturated heterocycles. The number of H-pyrrole nitrogens is 1. The first-order chi connectivity index (χ1) is 7.74. The van der Waals surface area contributed by atoms with Crippen LogP contribution in [0.15, 0.2) is 0 Å². The van der Waals surface area contributed by atoms with Gasteiger partial charge in [0.15, 0.2) is 0 Å². The maximum atomic E-state index is 5.44. The van der Waals surface area contributed by atoms with Crippen molar-refractivity contribution in [2.24, 2.45) is 11.8 Å². The molecule has 1 saturated carbocycles. The molecule has 0 radical (unpaired) electrons. The highest BCUT2D eigenvalue weighted by atomic mass is 15.3. The first-order valence-electron chi connectivity index (χ1n) is 6.16. The molecule has 5 heteroatoms. The minimum absolute atomic E-state index is 0.369. The summed E-state index contributed by atoms with van der Waals surface area (Å²) < 4.78 is 0. The molecule has 1 aliphatic carbocycles. The molecule has 2 atom stereocenters. The third kappa shape index (κ3) is 3.12. The fourth-order valence-electron chi connectivity index (χ4n) is 2.56. The summed E-state index contributed by atoms with van der Waals surface area (Å²) in [4.78, 5) is 4.01. The first kappa shape index (κ1) is 11.2. The monoisotopic (exact) mass is 223 g/mol. The molecule has 2 rings (SSSR count). The molecule has 0 spiro atoms. The standard InChI is InChI=1S/C11H21N5/c1-8-3-2-4-9(7-8)5-6-13-11-14-10(12)15-16-11/h8-9H,2-7H2,1H3,(H4,12,13,14,15,16). The molecule has 1 fully saturated rings. The van der Waals surface area contributed by atoms with E-state index in [1.54, 1.807) is 0 Å². The summed E-state index contributed by atoms with van der Waals surface area (Å²) in [5.41, 5.74) is 5.44. The van der Waals surface area contributed by atoms with E-state index in [2.05, 4.69) is 27.4 Å². The van der Waals surface area contributed by atoms with Gasteiger partial charge in [-0.15, -0.1) is 5.10 Å². The SMILES string of the molecule is CC1CCCC(CCNc2n[nH]c(N)n2)C1. The fourth-order valence-corrected chi connectivity index (χ4v) is 2.56. The Bertz CT molecular complexity index is 322. The Hall–Kier alpha value is -1.26. The summed E-state index contributed by atoms with van der Waals surface area (Å²) in [5, 5.41) is 9.75. The molecule has 1 aliphatic rings. The summed E-state index contributed by atoms with van der Waals surface area (Å²) in [6, 6.07) is 0. The van der Waals surface area contributed by atoms with E-state index in [1.165, 1.54) is 32.1 Å². The molecule has 0 aromatic carbocycles. The lowest BCUT2D eigenvalue weighted by atomic mass is 9.81. The first-order valence-corrected chi connectivity index (χ1v) is 6.16. The van der Waals surface area contributed by atoms with Crippen LogP contribution in [0.4, 0.5) is 11.9 Å². The van der Waals surface area contributed by atoms with Crippen molar-refractivity contribution in [2.45, 2.75) is 39.0 Å². The van der Waals surface area contributed by atoms with Crippen molar-refractivity contribution in [3.05, 3.63) is 0 Å². The minimum Gasteiger partial charge on any atom is -0.368 e. The van der Waals surface area contributed by atoms with E-state index in [9.17, 15) is 0 Å². The molecule has 0 amide bonds. The lowest BCUT2D eigenvalue weighted by molar-refractivity contribution is 0.274. The molecular weight excluding hydrogens is 202 g/mol. The largest absolute Gasteiger partial charge is 0.368 e. The fraction of sp³-hybridized carbons (Fsp3) is 0.818. The Balaban J connectivity index is 1.67. The molecular formula is C11H21N5. The highest BCUT2D eigenvalue weighted by Crippen LogP contribution is 2.30. The lowest BCUT2D eigenvalue weighted by Crippen LogP contribution is -2.16. The van der Waals surface area contributed by atoms with Gasteiger partial charge < -0.3 is 11.1 Å². The zero-order valence-electron chi connectivity index (χ0n) is 9.87. The van der Waals surface area contributed by atoms with Crippen molar-refractivity contribution < 1.29 is 0 Å². The van der Waals surface area contributed by atoms with Crippen LogP contribution in [0.2, 0.25) is 0 Å². The second kappa shape index (κ2) is 5.18. The van der Waals surface area contributed by atoms with Gasteiger partial charge in [-0.3, -0.25) is 0 Å². The van der Waals surface area contributed by atoms with Gasteiger partial charge in [0.1, 0.15) is 0 Å². The molecule has 16 heavy (non-hydrogen) atoms. The smallest absolute Gasteiger partial charge is 0.243 e. The van der Waals surface area contributed by atoms with Crippen LogP contribution in [0.25, 0.3) is 0 Å². The molecule has 0 aliphatic heterocycles. The zero-order chi connectivity index (χ0) is 11.4. The summed E-state index contributed by atoms with van der Waals surface area (Å²) in [5.74, 6) is 2.75. The minimum atomic E-state index is 0.369. The van der Waals surface area contributed by atoms with Crippen LogP contribution in [0.5, 0.6) is 0 Å². The highest BCUT2D eigenvalue weighted by Gasteiger charge is 2.18. The number of rotatable bonds is 4. The predicted octanol–water partition coefficient (Wildman–Crippen LogP) is 2.02. The molecule has 1 aromatic heterocycles. The van der Waals surface area contributed by atoms with Gasteiger partial charge in [0.25, 0.3) is 0 Å². The number of aromatic amines is 1. The van der Waals surface area contributed by atoms with Crippen molar-refractivity contribution in [1.29, 1.82) is 0 Å². The van der Waals surface area contributed by atoms with Gasteiger partial charge in [-0.05, 0) is 24.7 Å². The zero-order valence-corrected chi connectivity index (χ0v) is 9.87. The van der Waals surface area contributed by atoms with Gasteiger partial charge in [-0.25, -0.2) is 5.10 Å². The number of nitrogen functional groups attached to an aromatic ring is 1. The third-order valence-corrected chi connectivity index (χ3v) is 3.38. The second-order valence-electron chi connectivity index (χ2n) is 4.90. The van der Waals surface area contributed by atoms with E-state index in [1.807, 2.05) is 0 Å². The van der Waals surface area contributed by atoms with Crippen LogP contribution in [-0.4, -0.2) is 21.7 Å². The van der Waals surface area contributed by atoms with Crippen molar-refractivity contribution >= 4 is 11.9 Å². The van der Waals surface area contributed by atoms with Gasteiger partial charge in [-0.1, -0.05) is 26.2 Å². The van der Waals surface area contributed by atoms with E-state index < -0.39 is 0 Å². The van der Waals surface area contributed by atoms with Crippen LogP contribution in [0.3, 0.4) is 0 Å². The van der Waals surface area contributed by atoms with E-state index >= 15 is 0 Å². The van der Waals surface area contributed by atoms with Crippen LogP contribution in [0.1, 0.15) is 39.0 Å². The van der Waals surface area contributed by atoms with Gasteiger partial charge in [0.05, 0.1) is 0 Å². The summed E-state index contributed by atoms with van der Waals surface area (Å²) in [7, 11) is 0. The number of nitrogens with two attached hydrogens (primary N) is 1. The van der Waals surface area contributed by atoms with Gasteiger partial charge in [0.2, 0.25) is 11.9 Å². The second-order valence-corrected chi connectivity index (χ2v) is 4.90. The summed E-state index contributed by atoms with van der Waals surface area (Å²) >= 11 is 0. The Morgan fingerprint density at radius 2 is 2.38 bits per heavy atom. The lowest BCUT2D eigenvalue weighted by Gasteiger charge is -2.26. The van der Waals surface area contributed by atoms with Crippen LogP contribution >= 0.6 is 0 Å². The van der Waals surface area contributed by atoms with Crippen LogP contribution in [-0.2, 0) is 0 Å². The van der Waals surface area contributed by atoms with Gasteiger partial charge in [0, 0.05) is 6.54 Å². The van der Waals surface area contributed by atoms with Crippen molar-refractivity contribution in [3.8, 4) is 0 Å². The predicted molar refractivity (Wildman–Crippen MR) is 65.0 cm³/mol. The number of hydrogen-bond acceptors (Lipinski definition) is 4. The van der Waals surface area contributed by atoms with Gasteiger partial charge >= 0.3 is 0 Å². The maximum absolute atomic E-state index is 5.44. The summed E-state index contributed by atoms with van der Waals surface area (Å²) in [6.45, 7) is 3.30. The van der Waals surface area contributed by atoms with Crippen molar-refractivity contribution in [3.63, 3.8) is 0 Å². The molecule has 2 unspecified atom stereocenters. The number of nitrogens with one attached hydrogen (secondary N) is 2. The third-order valence-electron chi connectivity index (χ3n) is 3.38. The van der Waals surface area contributed by atoms with Gasteiger partial charge in [-0.2, -0.15) is 4.98 Å². The molecule has 90 valence electrons. The van der Waals surface area contributed by atoms with Crippen LogP contribution in [0, 0.1) is 11.8 Å². The number of nitrogens with zero attached hydrogens (tertiary/aromatic N) is 2. The van der Waals surface area contributed by atoms with E-state index in [4.69, 9.17) is 5.73 Å². The molecule has 1 heterocycles. The van der Waals surface area contributed by atoms with E-state index in [-0.39, 0.29) is 0 Å². The molecule has 5 nitrogen and oxygen atoms in total. The maximum Gasteiger partial charge on any atom is 0.243 e. The highest BCUT2D eigenvalue weighted by molar-refractivity contribution is 5.29. The molecule has 0 bridgehead atoms. The Morgan fingerprint density at radius 1 is 1.50 bits per heavy atom. The Kier molecular flexibility index (Phi) is 3.64. The van der Waals surface area contributed by atoms with E-state index in [0.717, 1.165) is 18.4 Å². The van der Waals surface area contributed by atoms with Crippen molar-refractivity contribution in [2.75, 3.05) is 17.6 Å².